The number of halogens is 3. The van der Waals surface area contributed by atoms with Crippen molar-refractivity contribution in [2.24, 2.45) is 10.9 Å². The number of carboxylic acid groups (broad SMARTS) is 1. The van der Waals surface area contributed by atoms with Crippen molar-refractivity contribution in [3.8, 4) is 0 Å². The molecule has 5 rings (SSSR count). The average molecular weight is 602 g/mol. The van der Waals surface area contributed by atoms with Crippen molar-refractivity contribution in [1.29, 1.82) is 0 Å². The highest BCUT2D eigenvalue weighted by molar-refractivity contribution is 7.11. The van der Waals surface area contributed by atoms with E-state index in [0.717, 1.165) is 6.07 Å². The second kappa shape index (κ2) is 11.9. The second-order valence-corrected chi connectivity index (χ2v) is 10.8. The van der Waals surface area contributed by atoms with E-state index in [2.05, 4.69) is 15.3 Å². The molecule has 214 valence electrons. The molecular formula is C28H26ClF2N5O4S. The molecule has 1 aromatic carbocycles. The molecule has 3 aromatic rings. The molecule has 2 aliphatic heterocycles. The van der Waals surface area contributed by atoms with Gasteiger partial charge in [-0.3, -0.25) is 4.99 Å². The van der Waals surface area contributed by atoms with Crippen LogP contribution in [0.1, 0.15) is 52.4 Å². The van der Waals surface area contributed by atoms with Gasteiger partial charge < -0.3 is 20.1 Å². The molecule has 0 aliphatic carbocycles. The summed E-state index contributed by atoms with van der Waals surface area (Å²) >= 11 is 7.60. The van der Waals surface area contributed by atoms with Crippen molar-refractivity contribution in [2.75, 3.05) is 24.6 Å². The quantitative estimate of drug-likeness (QED) is 0.277. The zero-order chi connectivity index (χ0) is 29.3. The number of aryl methyl sites for hydroxylation is 1. The van der Waals surface area contributed by atoms with E-state index in [1.54, 1.807) is 31.5 Å². The average Bonchev–Trinajstić information content (AvgIpc) is 3.50. The Bertz CT molecular complexity index is 1560. The Morgan fingerprint density at radius 1 is 1.24 bits per heavy atom. The van der Waals surface area contributed by atoms with Gasteiger partial charge in [0.15, 0.2) is 22.5 Å². The lowest BCUT2D eigenvalue weighted by molar-refractivity contribution is -0.139. The number of rotatable bonds is 7. The predicted octanol–water partition coefficient (Wildman–Crippen LogP) is 5.30. The number of aromatic nitrogens is 2. The van der Waals surface area contributed by atoms with Crippen molar-refractivity contribution >= 4 is 46.5 Å². The zero-order valence-electron chi connectivity index (χ0n) is 22.2. The van der Waals surface area contributed by atoms with Crippen LogP contribution in [0.5, 0.6) is 0 Å². The van der Waals surface area contributed by atoms with Crippen LogP contribution in [-0.4, -0.2) is 52.5 Å². The number of anilines is 1. The number of benzene rings is 1. The molecule has 9 nitrogen and oxygen atoms in total. The molecule has 2 aromatic heterocycles. The van der Waals surface area contributed by atoms with E-state index in [0.29, 0.717) is 54.0 Å². The van der Waals surface area contributed by atoms with Gasteiger partial charge in [0, 0.05) is 47.5 Å². The van der Waals surface area contributed by atoms with E-state index in [1.807, 2.05) is 4.90 Å². The summed E-state index contributed by atoms with van der Waals surface area (Å²) in [5, 5.41) is 14.6. The molecule has 0 spiro atoms. The topological polar surface area (TPSA) is 117 Å². The van der Waals surface area contributed by atoms with Gasteiger partial charge >= 0.3 is 11.9 Å². The summed E-state index contributed by atoms with van der Waals surface area (Å²) in [4.78, 5) is 40.6. The molecule has 0 saturated carbocycles. The summed E-state index contributed by atoms with van der Waals surface area (Å²) in [7, 11) is 0. The van der Waals surface area contributed by atoms with Gasteiger partial charge in [-0.2, -0.15) is 0 Å². The number of thiazole rings is 1. The first kappa shape index (κ1) is 28.6. The van der Waals surface area contributed by atoms with Crippen molar-refractivity contribution < 1.29 is 28.2 Å². The molecule has 0 radical (unpaired) electrons. The molecule has 1 fully saturated rings. The largest absolute Gasteiger partial charge is 0.478 e. The Labute approximate surface area is 243 Å². The maximum absolute atomic E-state index is 14.6. The van der Waals surface area contributed by atoms with Crippen molar-refractivity contribution in [2.45, 2.75) is 32.7 Å². The molecule has 1 unspecified atom stereocenters. The van der Waals surface area contributed by atoms with E-state index in [-0.39, 0.29) is 29.2 Å². The number of carboxylic acids is 1. The number of aliphatic imine (C=N–C) groups is 1. The van der Waals surface area contributed by atoms with E-state index in [1.165, 1.54) is 23.5 Å². The van der Waals surface area contributed by atoms with Gasteiger partial charge in [-0.25, -0.2) is 28.3 Å². The number of hydrogen-bond donors (Lipinski definition) is 2. The van der Waals surface area contributed by atoms with Crippen LogP contribution in [0.4, 0.5) is 14.6 Å². The van der Waals surface area contributed by atoms with E-state index < -0.39 is 34.6 Å². The number of carbonyl (C=O) groups excluding carboxylic acids is 1. The number of aromatic carboxylic acids is 1. The Balaban J connectivity index is 1.54. The smallest absolute Gasteiger partial charge is 0.338 e. The van der Waals surface area contributed by atoms with Crippen LogP contribution in [0.15, 0.2) is 52.1 Å². The van der Waals surface area contributed by atoms with Crippen LogP contribution in [0.25, 0.3) is 0 Å². The zero-order valence-corrected chi connectivity index (χ0v) is 23.7. The number of allylic oxidation sites excluding steroid dienone is 1. The van der Waals surface area contributed by atoms with Crippen LogP contribution in [0, 0.1) is 24.5 Å². The van der Waals surface area contributed by atoms with Crippen molar-refractivity contribution in [3.63, 3.8) is 0 Å². The Kier molecular flexibility index (Phi) is 8.32. The lowest BCUT2D eigenvalue weighted by Gasteiger charge is -2.37. The van der Waals surface area contributed by atoms with Crippen LogP contribution in [0.3, 0.4) is 0 Å². The summed E-state index contributed by atoms with van der Waals surface area (Å²) in [6.45, 7) is 4.58. The lowest BCUT2D eigenvalue weighted by atomic mass is 9.85. The van der Waals surface area contributed by atoms with Crippen LogP contribution < -0.4 is 10.2 Å². The number of ether oxygens (including phenoxy) is 1. The SMILES string of the molecule is CCOC(=O)C1=C(C2CCN(c3cc(C(=O)O)cc(C)n3)CC2)NC(c2nccs2)=NC1c1ccc(F)c(F)c1Cl. The van der Waals surface area contributed by atoms with Gasteiger partial charge in [0.2, 0.25) is 0 Å². The number of piperidine rings is 1. The van der Waals surface area contributed by atoms with Gasteiger partial charge in [0.1, 0.15) is 11.9 Å². The second-order valence-electron chi connectivity index (χ2n) is 9.58. The van der Waals surface area contributed by atoms with Crippen molar-refractivity contribution in [1.82, 2.24) is 15.3 Å². The molecule has 0 amide bonds. The van der Waals surface area contributed by atoms with Gasteiger partial charge in [-0.1, -0.05) is 17.7 Å². The normalized spacial score (nSPS) is 17.7. The fourth-order valence-electron chi connectivity index (χ4n) is 5.08. The van der Waals surface area contributed by atoms with Crippen LogP contribution in [-0.2, 0) is 9.53 Å². The number of nitrogens with zero attached hydrogens (tertiary/aromatic N) is 4. The number of carbonyl (C=O) groups is 2. The number of esters is 1. The minimum absolute atomic E-state index is 0.0975. The number of hydrogen-bond acceptors (Lipinski definition) is 9. The summed E-state index contributed by atoms with van der Waals surface area (Å²) in [5.41, 5.74) is 1.60. The Morgan fingerprint density at radius 3 is 2.66 bits per heavy atom. The predicted molar refractivity (Wildman–Crippen MR) is 150 cm³/mol. The first-order valence-electron chi connectivity index (χ1n) is 12.9. The number of amidine groups is 1. The van der Waals surface area contributed by atoms with Crippen LogP contribution >= 0.6 is 22.9 Å². The fourth-order valence-corrected chi connectivity index (χ4v) is 5.92. The minimum Gasteiger partial charge on any atom is -0.478 e. The Hall–Kier alpha value is -3.90. The van der Waals surface area contributed by atoms with Gasteiger partial charge in [0.25, 0.3) is 0 Å². The van der Waals surface area contributed by atoms with E-state index in [9.17, 15) is 23.5 Å². The number of nitrogens with one attached hydrogen (secondary N) is 1. The maximum atomic E-state index is 14.6. The highest BCUT2D eigenvalue weighted by Crippen LogP contribution is 2.41. The summed E-state index contributed by atoms with van der Waals surface area (Å²) in [6.07, 6.45) is 2.77. The standard InChI is InChI=1S/C28H26ClF2N5O4S/c1-3-40-28(39)20-23(15-6-9-36(10-7-15)19-13-16(27(37)38)12-14(2)33-19)34-25(26-32-8-11-41-26)35-24(20)17-4-5-18(30)22(31)21(17)29/h4-5,8,11-13,15,24H,3,6-7,9-10H2,1-2H3,(H,34,35)(H,37,38). The van der Waals surface area contributed by atoms with E-state index in [4.69, 9.17) is 21.3 Å². The summed E-state index contributed by atoms with van der Waals surface area (Å²) in [5.74, 6) is -3.24. The first-order chi connectivity index (χ1) is 19.7. The Morgan fingerprint density at radius 2 is 2.00 bits per heavy atom. The van der Waals surface area contributed by atoms with Crippen LogP contribution in [0.2, 0.25) is 5.02 Å². The first-order valence-corrected chi connectivity index (χ1v) is 14.2. The van der Waals surface area contributed by atoms with Gasteiger partial charge in [-0.15, -0.1) is 11.3 Å². The number of pyridine rings is 1. The summed E-state index contributed by atoms with van der Waals surface area (Å²) < 4.78 is 34.0. The molecule has 1 saturated heterocycles. The highest BCUT2D eigenvalue weighted by Gasteiger charge is 2.38. The molecule has 13 heteroatoms. The fraction of sp³-hybridized carbons (Fsp3) is 0.321. The third kappa shape index (κ3) is 5.80. The molecular weight excluding hydrogens is 576 g/mol. The molecule has 4 heterocycles. The third-order valence-corrected chi connectivity index (χ3v) is 8.14. The molecule has 41 heavy (non-hydrogen) atoms. The monoisotopic (exact) mass is 601 g/mol. The van der Waals surface area contributed by atoms with Gasteiger partial charge in [-0.05, 0) is 44.9 Å². The van der Waals surface area contributed by atoms with E-state index >= 15 is 0 Å². The molecule has 2 N–H and O–H groups in total. The van der Waals surface area contributed by atoms with Crippen molar-refractivity contribution in [3.05, 3.63) is 85.6 Å². The minimum atomic E-state index is -1.22. The van der Waals surface area contributed by atoms with Gasteiger partial charge in [0.05, 0.1) is 22.8 Å². The summed E-state index contributed by atoms with van der Waals surface area (Å²) in [6, 6.07) is 4.28. The highest BCUT2D eigenvalue weighted by atomic mass is 35.5. The maximum Gasteiger partial charge on any atom is 0.338 e. The molecule has 1 atom stereocenters. The third-order valence-electron chi connectivity index (χ3n) is 6.98. The lowest BCUT2D eigenvalue weighted by Crippen LogP contribution is -2.41. The molecule has 0 bridgehead atoms. The molecule has 2 aliphatic rings.